The quantitative estimate of drug-likeness (QED) is 0.0520. The fourth-order valence-electron chi connectivity index (χ4n) is 8.25. The van der Waals surface area contributed by atoms with Gasteiger partial charge in [0.25, 0.3) is 11.7 Å². The van der Waals surface area contributed by atoms with E-state index in [-0.39, 0.29) is 49.5 Å². The molecule has 4 N–H and O–H groups in total. The van der Waals surface area contributed by atoms with Gasteiger partial charge in [0.05, 0.1) is 18.3 Å². The summed E-state index contributed by atoms with van der Waals surface area (Å²) in [4.78, 5) is 51.6. The average Bonchev–Trinajstić information content (AvgIpc) is 3.12. The molecule has 0 aromatic heterocycles. The number of carboxylic acids is 1. The highest BCUT2D eigenvalue weighted by Gasteiger charge is 2.47. The van der Waals surface area contributed by atoms with E-state index in [9.17, 15) is 39.6 Å². The first-order valence-corrected chi connectivity index (χ1v) is 20.1. The van der Waals surface area contributed by atoms with E-state index in [0.29, 0.717) is 43.6 Å². The predicted octanol–water partition coefficient (Wildman–Crippen LogP) is 6.41. The van der Waals surface area contributed by atoms with Gasteiger partial charge >= 0.3 is 5.97 Å². The molecule has 9 atom stereocenters. The van der Waals surface area contributed by atoms with E-state index in [1.807, 2.05) is 20.8 Å². The lowest BCUT2D eigenvalue weighted by Crippen LogP contribution is -2.57. The van der Waals surface area contributed by atoms with Crippen molar-refractivity contribution >= 4 is 23.4 Å². The SMILES string of the molecule is CCC(/C=C(/C)C[C@H](C)CCCC(CC(C)C(O)(O)C(=O)C(=O)N1CCCCC1C(=O)O)OC)C(=O)CC(O)[C@@H](C)C/C(C)=C/C1CCCC(OC)C1. The lowest BCUT2D eigenvalue weighted by molar-refractivity contribution is -0.208. The van der Waals surface area contributed by atoms with Crippen molar-refractivity contribution in [2.24, 2.45) is 29.6 Å². The van der Waals surface area contributed by atoms with Crippen molar-refractivity contribution < 1.29 is 49.1 Å². The van der Waals surface area contributed by atoms with Gasteiger partial charge in [-0.2, -0.15) is 0 Å². The molecule has 1 amide bonds. The molecule has 1 heterocycles. The molecule has 11 nitrogen and oxygen atoms in total. The maximum atomic E-state index is 13.3. The Hall–Kier alpha value is -2.44. The van der Waals surface area contributed by atoms with E-state index in [1.54, 1.807) is 7.11 Å². The number of methoxy groups -OCH3 is 2. The third-order valence-electron chi connectivity index (χ3n) is 11.7. The van der Waals surface area contributed by atoms with Crippen molar-refractivity contribution in [1.29, 1.82) is 0 Å². The summed E-state index contributed by atoms with van der Waals surface area (Å²) in [6.45, 7) is 11.9. The van der Waals surface area contributed by atoms with Crippen LogP contribution in [0.5, 0.6) is 0 Å². The van der Waals surface area contributed by atoms with Crippen molar-refractivity contribution in [3.8, 4) is 0 Å². The zero-order chi connectivity index (χ0) is 39.9. The van der Waals surface area contributed by atoms with Gasteiger partial charge in [-0.3, -0.25) is 14.4 Å². The zero-order valence-corrected chi connectivity index (χ0v) is 33.9. The number of ether oxygens (including phenoxy) is 2. The molecule has 304 valence electrons. The van der Waals surface area contributed by atoms with Crippen LogP contribution in [-0.4, -0.2) is 99.7 Å². The number of Topliss-reactive ketones (excluding diaryl/α,β-unsaturated/α-hetero) is 2. The molecular formula is C42H71NO10. The van der Waals surface area contributed by atoms with Gasteiger partial charge in [0.15, 0.2) is 0 Å². The predicted molar refractivity (Wildman–Crippen MR) is 205 cm³/mol. The van der Waals surface area contributed by atoms with Crippen molar-refractivity contribution in [1.82, 2.24) is 4.90 Å². The number of ketones is 2. The first-order valence-electron chi connectivity index (χ1n) is 20.1. The number of hydrogen-bond donors (Lipinski definition) is 4. The summed E-state index contributed by atoms with van der Waals surface area (Å²) in [5, 5.41) is 41.9. The Kier molecular flexibility index (Phi) is 20.1. The van der Waals surface area contributed by atoms with Crippen LogP contribution in [-0.2, 0) is 28.7 Å². The highest BCUT2D eigenvalue weighted by atomic mass is 16.5. The van der Waals surface area contributed by atoms with Crippen LogP contribution in [0.1, 0.15) is 138 Å². The molecule has 0 aromatic carbocycles. The maximum absolute atomic E-state index is 13.3. The number of aliphatic hydroxyl groups is 3. The minimum absolute atomic E-state index is 0.0150. The number of aliphatic carboxylic acids is 1. The summed E-state index contributed by atoms with van der Waals surface area (Å²) < 4.78 is 11.2. The maximum Gasteiger partial charge on any atom is 0.326 e. The molecule has 2 rings (SSSR count). The molecule has 53 heavy (non-hydrogen) atoms. The summed E-state index contributed by atoms with van der Waals surface area (Å²) in [6, 6.07) is -1.16. The van der Waals surface area contributed by atoms with Gasteiger partial charge in [0.1, 0.15) is 11.8 Å². The van der Waals surface area contributed by atoms with E-state index in [4.69, 9.17) is 9.47 Å². The average molecular weight is 750 g/mol. The molecule has 2 aliphatic rings. The Balaban J connectivity index is 1.83. The first kappa shape index (κ1) is 46.7. The van der Waals surface area contributed by atoms with Crippen LogP contribution in [0.4, 0.5) is 0 Å². The Morgan fingerprint density at radius 1 is 0.925 bits per heavy atom. The van der Waals surface area contributed by atoms with E-state index >= 15 is 0 Å². The molecule has 11 heteroatoms. The second-order valence-corrected chi connectivity index (χ2v) is 16.4. The zero-order valence-electron chi connectivity index (χ0n) is 33.9. The van der Waals surface area contributed by atoms with E-state index < -0.39 is 41.5 Å². The molecular weight excluding hydrogens is 678 g/mol. The van der Waals surface area contributed by atoms with Gasteiger partial charge in [-0.25, -0.2) is 4.79 Å². The smallest absolute Gasteiger partial charge is 0.326 e. The number of hydrogen-bond acceptors (Lipinski definition) is 9. The second-order valence-electron chi connectivity index (χ2n) is 16.4. The van der Waals surface area contributed by atoms with Crippen molar-refractivity contribution in [2.75, 3.05) is 20.8 Å². The van der Waals surface area contributed by atoms with Crippen LogP contribution in [0.25, 0.3) is 0 Å². The Bertz CT molecular complexity index is 1240. The van der Waals surface area contributed by atoms with E-state index in [0.717, 1.165) is 49.0 Å². The molecule has 7 unspecified atom stereocenters. The number of rotatable bonds is 23. The number of carbonyl (C=O) groups is 4. The monoisotopic (exact) mass is 750 g/mol. The Labute approximate surface area is 318 Å². The third-order valence-corrected chi connectivity index (χ3v) is 11.7. The van der Waals surface area contributed by atoms with Crippen LogP contribution < -0.4 is 0 Å². The molecule has 2 fully saturated rings. The number of likely N-dealkylation sites (tertiary alicyclic amines) is 1. The number of nitrogens with zero attached hydrogens (tertiary/aromatic N) is 1. The van der Waals surface area contributed by atoms with Crippen molar-refractivity contribution in [2.45, 2.75) is 168 Å². The van der Waals surface area contributed by atoms with E-state index in [1.165, 1.54) is 32.4 Å². The lowest BCUT2D eigenvalue weighted by Gasteiger charge is -2.35. The molecule has 1 aliphatic carbocycles. The second kappa shape index (κ2) is 22.8. The van der Waals surface area contributed by atoms with Gasteiger partial charge < -0.3 is 34.8 Å². The molecule has 1 saturated heterocycles. The summed E-state index contributed by atoms with van der Waals surface area (Å²) in [5.74, 6) is -7.18. The molecule has 0 bridgehead atoms. The summed E-state index contributed by atoms with van der Waals surface area (Å²) in [5.41, 5.74) is 2.39. The third kappa shape index (κ3) is 15.0. The topological polar surface area (TPSA) is 171 Å². The highest BCUT2D eigenvalue weighted by molar-refractivity contribution is 6.39. The van der Waals surface area contributed by atoms with Gasteiger partial charge in [-0.05, 0) is 102 Å². The molecule has 1 aliphatic heterocycles. The number of amides is 1. The van der Waals surface area contributed by atoms with Crippen LogP contribution in [0, 0.1) is 29.6 Å². The van der Waals surface area contributed by atoms with Crippen molar-refractivity contribution in [3.05, 3.63) is 23.3 Å². The normalized spacial score (nSPS) is 23.8. The largest absolute Gasteiger partial charge is 0.480 e. The minimum atomic E-state index is -2.95. The first-order chi connectivity index (χ1) is 24.9. The summed E-state index contributed by atoms with van der Waals surface area (Å²) >= 11 is 0. The molecule has 0 spiro atoms. The van der Waals surface area contributed by atoms with Crippen molar-refractivity contribution in [3.63, 3.8) is 0 Å². The van der Waals surface area contributed by atoms with Crippen LogP contribution >= 0.6 is 0 Å². The Morgan fingerprint density at radius 2 is 1.62 bits per heavy atom. The number of carboxylic acid groups (broad SMARTS) is 1. The highest BCUT2D eigenvalue weighted by Crippen LogP contribution is 2.31. The van der Waals surface area contributed by atoms with E-state index in [2.05, 4.69) is 26.0 Å². The van der Waals surface area contributed by atoms with Gasteiger partial charge in [-0.1, -0.05) is 70.3 Å². The van der Waals surface area contributed by atoms with Crippen LogP contribution in [0.15, 0.2) is 23.3 Å². The van der Waals surface area contributed by atoms with Gasteiger partial charge in [0, 0.05) is 39.0 Å². The van der Waals surface area contributed by atoms with Gasteiger partial charge in [-0.15, -0.1) is 0 Å². The minimum Gasteiger partial charge on any atom is -0.480 e. The van der Waals surface area contributed by atoms with Crippen LogP contribution in [0.3, 0.4) is 0 Å². The van der Waals surface area contributed by atoms with Crippen LogP contribution in [0.2, 0.25) is 0 Å². The summed E-state index contributed by atoms with van der Waals surface area (Å²) in [7, 11) is 3.30. The molecule has 0 aromatic rings. The summed E-state index contributed by atoms with van der Waals surface area (Å²) in [6.07, 6.45) is 14.3. The lowest BCUT2D eigenvalue weighted by atomic mass is 9.84. The number of piperidine rings is 1. The standard InChI is InChI=1S/C42H71NO10/c1-9-33(38(45)26-37(44)30(5)21-29(4)22-32-15-13-17-35(25-32)53-8)23-28(3)20-27(2)14-12-16-34(52-7)24-31(6)42(50,51)39(46)40(47)43-19-11-10-18-36(43)41(48)49/h22-23,27,30-37,44,50-51H,9-21,24-26H2,1-8H3,(H,48,49)/b28-23-,29-22+/t27-,30+,31?,32?,33?,34?,35?,36?,37?/m1/s1. The molecule has 0 radical (unpaired) electrons. The Morgan fingerprint density at radius 3 is 2.25 bits per heavy atom. The molecule has 1 saturated carbocycles. The number of carbonyl (C=O) groups excluding carboxylic acids is 3. The number of allylic oxidation sites excluding steroid dienone is 4. The fourth-order valence-corrected chi connectivity index (χ4v) is 8.25. The van der Waals surface area contributed by atoms with Gasteiger partial charge in [0.2, 0.25) is 5.79 Å². The fraction of sp³-hybridized carbons (Fsp3) is 0.810. The number of aliphatic hydroxyl groups excluding tert-OH is 1.